The quantitative estimate of drug-likeness (QED) is 0.332. The molecule has 9 nitrogen and oxygen atoms in total. The molecule has 4 rings (SSSR count). The number of aryl methyl sites for hydroxylation is 2. The number of hydrazone groups is 1. The van der Waals surface area contributed by atoms with E-state index in [-0.39, 0.29) is 5.56 Å². The fourth-order valence-corrected chi connectivity index (χ4v) is 3.53. The molecule has 0 aliphatic carbocycles. The molecule has 170 valence electrons. The highest BCUT2D eigenvalue weighted by Gasteiger charge is 2.18. The molecular formula is C24H26N6O3. The molecule has 2 aromatic carbocycles. The van der Waals surface area contributed by atoms with E-state index < -0.39 is 5.69 Å². The number of imidazole rings is 1. The molecule has 33 heavy (non-hydrogen) atoms. The number of benzene rings is 2. The van der Waals surface area contributed by atoms with Gasteiger partial charge in [-0.2, -0.15) is 10.1 Å². The fourth-order valence-electron chi connectivity index (χ4n) is 3.53. The summed E-state index contributed by atoms with van der Waals surface area (Å²) >= 11 is 0. The zero-order valence-electron chi connectivity index (χ0n) is 18.9. The second kappa shape index (κ2) is 9.56. The summed E-state index contributed by atoms with van der Waals surface area (Å²) in [6.45, 7) is 3.08. The van der Waals surface area contributed by atoms with Gasteiger partial charge in [0.05, 0.1) is 6.21 Å². The summed E-state index contributed by atoms with van der Waals surface area (Å²) in [7, 11) is 3.06. The summed E-state index contributed by atoms with van der Waals surface area (Å²) in [5, 5.41) is 4.28. The number of aromatic nitrogens is 4. The van der Waals surface area contributed by atoms with Crippen LogP contribution < -0.4 is 21.4 Å². The summed E-state index contributed by atoms with van der Waals surface area (Å²) in [6, 6.07) is 17.6. The monoisotopic (exact) mass is 446 g/mol. The van der Waals surface area contributed by atoms with Crippen LogP contribution in [0.2, 0.25) is 0 Å². The lowest BCUT2D eigenvalue weighted by Gasteiger charge is -2.07. The van der Waals surface area contributed by atoms with Crippen LogP contribution in [0.3, 0.4) is 0 Å². The van der Waals surface area contributed by atoms with Gasteiger partial charge in [-0.1, -0.05) is 37.3 Å². The van der Waals surface area contributed by atoms with E-state index in [2.05, 4.69) is 15.5 Å². The van der Waals surface area contributed by atoms with Crippen LogP contribution >= 0.6 is 0 Å². The van der Waals surface area contributed by atoms with Gasteiger partial charge in [-0.05, 0) is 41.8 Å². The maximum atomic E-state index is 12.7. The Morgan fingerprint density at radius 1 is 1.03 bits per heavy atom. The zero-order chi connectivity index (χ0) is 23.4. The Morgan fingerprint density at radius 3 is 2.45 bits per heavy atom. The van der Waals surface area contributed by atoms with Gasteiger partial charge in [-0.15, -0.1) is 0 Å². The van der Waals surface area contributed by atoms with Gasteiger partial charge in [0.2, 0.25) is 5.95 Å². The van der Waals surface area contributed by atoms with Crippen LogP contribution in [0.4, 0.5) is 5.95 Å². The number of anilines is 1. The molecule has 1 N–H and O–H groups in total. The molecule has 0 fully saturated rings. The van der Waals surface area contributed by atoms with Crippen LogP contribution in [-0.2, 0) is 27.2 Å². The van der Waals surface area contributed by atoms with Crippen LogP contribution in [0.1, 0.15) is 24.5 Å². The Balaban J connectivity index is 1.51. The number of nitrogens with zero attached hydrogens (tertiary/aromatic N) is 5. The van der Waals surface area contributed by atoms with Crippen molar-refractivity contribution < 1.29 is 4.74 Å². The molecule has 0 amide bonds. The molecule has 0 saturated carbocycles. The van der Waals surface area contributed by atoms with Gasteiger partial charge in [-0.25, -0.2) is 10.2 Å². The number of rotatable bonds is 8. The van der Waals surface area contributed by atoms with Crippen LogP contribution in [-0.4, -0.2) is 24.9 Å². The molecule has 0 atom stereocenters. The minimum absolute atomic E-state index is 0.328. The third-order valence-corrected chi connectivity index (χ3v) is 5.30. The van der Waals surface area contributed by atoms with Gasteiger partial charge < -0.3 is 9.30 Å². The van der Waals surface area contributed by atoms with E-state index in [0.29, 0.717) is 30.3 Å². The van der Waals surface area contributed by atoms with E-state index in [1.54, 1.807) is 17.8 Å². The summed E-state index contributed by atoms with van der Waals surface area (Å²) in [6.07, 6.45) is 2.45. The van der Waals surface area contributed by atoms with E-state index in [4.69, 9.17) is 4.74 Å². The second-order valence-electron chi connectivity index (χ2n) is 7.68. The van der Waals surface area contributed by atoms with Crippen molar-refractivity contribution in [2.24, 2.45) is 19.2 Å². The highest BCUT2D eigenvalue weighted by Crippen LogP contribution is 2.17. The Morgan fingerprint density at radius 2 is 1.76 bits per heavy atom. The van der Waals surface area contributed by atoms with Crippen molar-refractivity contribution in [3.8, 4) is 5.75 Å². The molecule has 0 spiro atoms. The number of nitrogens with one attached hydrogen (secondary N) is 1. The van der Waals surface area contributed by atoms with E-state index in [0.717, 1.165) is 27.9 Å². The maximum Gasteiger partial charge on any atom is 0.332 e. The minimum atomic E-state index is -0.418. The highest BCUT2D eigenvalue weighted by atomic mass is 16.5. The van der Waals surface area contributed by atoms with E-state index in [1.165, 1.54) is 11.6 Å². The van der Waals surface area contributed by atoms with Crippen molar-refractivity contribution >= 4 is 23.3 Å². The number of hydrogen-bond donors (Lipinski definition) is 1. The molecule has 9 heteroatoms. The van der Waals surface area contributed by atoms with Crippen molar-refractivity contribution in [2.45, 2.75) is 26.5 Å². The first-order chi connectivity index (χ1) is 16.0. The summed E-state index contributed by atoms with van der Waals surface area (Å²) in [4.78, 5) is 29.4. The average Bonchev–Trinajstić information content (AvgIpc) is 3.20. The first-order valence-corrected chi connectivity index (χ1v) is 10.7. The third kappa shape index (κ3) is 4.57. The number of hydrogen-bond acceptors (Lipinski definition) is 6. The first-order valence-electron chi connectivity index (χ1n) is 10.7. The topological polar surface area (TPSA) is 95.4 Å². The molecule has 0 aliphatic rings. The van der Waals surface area contributed by atoms with Crippen LogP contribution in [0, 0.1) is 0 Å². The molecular weight excluding hydrogens is 420 g/mol. The van der Waals surface area contributed by atoms with E-state index >= 15 is 0 Å². The lowest BCUT2D eigenvalue weighted by atomic mass is 10.2. The summed E-state index contributed by atoms with van der Waals surface area (Å²) < 4.78 is 10.0. The van der Waals surface area contributed by atoms with Crippen LogP contribution in [0.25, 0.3) is 11.2 Å². The Bertz CT molecular complexity index is 1400. The largest absolute Gasteiger partial charge is 0.489 e. The molecule has 0 unspecified atom stereocenters. The van der Waals surface area contributed by atoms with E-state index in [9.17, 15) is 9.59 Å². The predicted octanol–water partition coefficient (Wildman–Crippen LogP) is 2.87. The maximum absolute atomic E-state index is 12.7. The lowest BCUT2D eigenvalue weighted by Crippen LogP contribution is -2.37. The molecule has 0 aliphatic heterocycles. The van der Waals surface area contributed by atoms with Gasteiger partial charge in [-0.3, -0.25) is 13.9 Å². The molecule has 0 radical (unpaired) electrons. The van der Waals surface area contributed by atoms with E-state index in [1.807, 2.05) is 61.5 Å². The van der Waals surface area contributed by atoms with Gasteiger partial charge in [0, 0.05) is 20.6 Å². The van der Waals surface area contributed by atoms with Crippen molar-refractivity contribution in [3.63, 3.8) is 0 Å². The van der Waals surface area contributed by atoms with Crippen molar-refractivity contribution in [2.75, 3.05) is 5.43 Å². The first kappa shape index (κ1) is 22.1. The Labute approximate surface area is 190 Å². The van der Waals surface area contributed by atoms with Crippen LogP contribution in [0.15, 0.2) is 69.3 Å². The molecule has 2 heterocycles. The van der Waals surface area contributed by atoms with Gasteiger partial charge in [0.25, 0.3) is 5.56 Å². The minimum Gasteiger partial charge on any atom is -0.489 e. The average molecular weight is 447 g/mol. The highest BCUT2D eigenvalue weighted by molar-refractivity contribution is 5.80. The lowest BCUT2D eigenvalue weighted by molar-refractivity contribution is 0.306. The van der Waals surface area contributed by atoms with Crippen molar-refractivity contribution in [1.29, 1.82) is 0 Å². The van der Waals surface area contributed by atoms with Gasteiger partial charge in [0.1, 0.15) is 12.4 Å². The molecule has 0 bridgehead atoms. The van der Waals surface area contributed by atoms with Crippen molar-refractivity contribution in [3.05, 3.63) is 86.6 Å². The van der Waals surface area contributed by atoms with Gasteiger partial charge >= 0.3 is 5.69 Å². The molecule has 0 saturated heterocycles. The third-order valence-electron chi connectivity index (χ3n) is 5.30. The normalized spacial score (nSPS) is 11.4. The summed E-state index contributed by atoms with van der Waals surface area (Å²) in [5.74, 6) is 1.18. The van der Waals surface area contributed by atoms with Crippen molar-refractivity contribution in [1.82, 2.24) is 18.7 Å². The molecule has 4 aromatic rings. The molecule has 2 aromatic heterocycles. The van der Waals surface area contributed by atoms with Gasteiger partial charge in [0.15, 0.2) is 11.2 Å². The SMILES string of the molecule is CCCn1c(N/N=C/c2ccc(OCc3ccccc3)cc2)nc2c1c(=O)n(C)c(=O)n2C. The Kier molecular flexibility index (Phi) is 6.39. The van der Waals surface area contributed by atoms with Crippen LogP contribution in [0.5, 0.6) is 5.75 Å². The fraction of sp³-hybridized carbons (Fsp3) is 0.250. The zero-order valence-corrected chi connectivity index (χ0v) is 18.9. The number of ether oxygens (including phenoxy) is 1. The smallest absolute Gasteiger partial charge is 0.332 e. The Hall–Kier alpha value is -4.14. The standard InChI is InChI=1S/C24H26N6O3/c1-4-14-30-20-21(28(2)24(32)29(3)22(20)31)26-23(30)27-25-15-17-10-12-19(13-11-17)33-16-18-8-6-5-7-9-18/h5-13,15H,4,14,16H2,1-3H3,(H,26,27)/b25-15+. The number of fused-ring (bicyclic) bond motifs is 1. The summed E-state index contributed by atoms with van der Waals surface area (Å²) in [5.41, 5.74) is 4.80. The predicted molar refractivity (Wildman–Crippen MR) is 129 cm³/mol. The second-order valence-corrected chi connectivity index (χ2v) is 7.68.